The minimum atomic E-state index is 0.903. The van der Waals surface area contributed by atoms with E-state index >= 15 is 0 Å². The minimum absolute atomic E-state index is 0.903. The number of furan rings is 1. The second kappa shape index (κ2) is 10.6. The molecule has 0 spiro atoms. The van der Waals surface area contributed by atoms with Gasteiger partial charge in [-0.25, -0.2) is 0 Å². The molecule has 0 N–H and O–H groups in total. The molecule has 0 atom stereocenters. The zero-order chi connectivity index (χ0) is 31.6. The molecule has 2 heterocycles. The van der Waals surface area contributed by atoms with Gasteiger partial charge in [-0.15, -0.1) is 0 Å². The third-order valence-corrected chi connectivity index (χ3v) is 9.77. The lowest BCUT2D eigenvalue weighted by Crippen LogP contribution is -1.94. The second-order valence-electron chi connectivity index (χ2n) is 12.5. The predicted octanol–water partition coefficient (Wildman–Crippen LogP) is 12.8. The lowest BCUT2D eigenvalue weighted by atomic mass is 9.93. The molecule has 0 saturated heterocycles. The van der Waals surface area contributed by atoms with Gasteiger partial charge in [0.2, 0.25) is 0 Å². The highest BCUT2D eigenvalue weighted by Crippen LogP contribution is 2.43. The number of aromatic nitrogens is 1. The summed E-state index contributed by atoms with van der Waals surface area (Å²) in [4.78, 5) is 0. The highest BCUT2D eigenvalue weighted by atomic mass is 16.3. The lowest BCUT2D eigenvalue weighted by Gasteiger charge is -2.13. The largest absolute Gasteiger partial charge is 0.456 e. The van der Waals surface area contributed by atoms with E-state index in [-0.39, 0.29) is 0 Å². The van der Waals surface area contributed by atoms with Gasteiger partial charge in [-0.1, -0.05) is 121 Å². The number of hydrogen-bond acceptors (Lipinski definition) is 1. The molecule has 10 rings (SSSR count). The first kappa shape index (κ1) is 26.8. The van der Waals surface area contributed by atoms with Crippen molar-refractivity contribution in [1.82, 2.24) is 4.57 Å². The van der Waals surface area contributed by atoms with Crippen LogP contribution in [0.1, 0.15) is 0 Å². The van der Waals surface area contributed by atoms with E-state index in [4.69, 9.17) is 4.42 Å². The zero-order valence-corrected chi connectivity index (χ0v) is 26.1. The van der Waals surface area contributed by atoms with Crippen molar-refractivity contribution in [2.24, 2.45) is 0 Å². The Morgan fingerprint density at radius 3 is 1.58 bits per heavy atom. The highest BCUT2D eigenvalue weighted by molar-refractivity contribution is 6.29. The molecule has 8 aromatic carbocycles. The van der Waals surface area contributed by atoms with Crippen LogP contribution in [0.25, 0.3) is 93.6 Å². The van der Waals surface area contributed by atoms with E-state index in [0.717, 1.165) is 22.2 Å². The second-order valence-corrected chi connectivity index (χ2v) is 12.5. The maximum Gasteiger partial charge on any atom is 0.137 e. The van der Waals surface area contributed by atoms with Gasteiger partial charge < -0.3 is 8.98 Å². The lowest BCUT2D eigenvalue weighted by molar-refractivity contribution is 0.669. The van der Waals surface area contributed by atoms with Crippen molar-refractivity contribution in [3.63, 3.8) is 0 Å². The molecule has 0 aliphatic rings. The smallest absolute Gasteiger partial charge is 0.137 e. The van der Waals surface area contributed by atoms with Gasteiger partial charge in [0.05, 0.1) is 16.4 Å². The standard InChI is InChI=1S/C46H29NO/c1-3-11-30(12-4-1)34-27-35(31-13-5-2-6-14-31)29-36(28-34)32-19-22-37(23-20-32)47-41-18-10-9-17-39(41)40-24-26-43-45(46(40)47)44-38-16-8-7-15-33(38)21-25-42(44)48-43/h1-29H. The average molecular weight is 612 g/mol. The van der Waals surface area contributed by atoms with E-state index in [0.29, 0.717) is 0 Å². The van der Waals surface area contributed by atoms with Crippen molar-refractivity contribution in [2.45, 2.75) is 0 Å². The third kappa shape index (κ3) is 4.13. The number of nitrogens with zero attached hydrogens (tertiary/aromatic N) is 1. The maximum absolute atomic E-state index is 6.51. The Morgan fingerprint density at radius 1 is 0.354 bits per heavy atom. The van der Waals surface area contributed by atoms with Gasteiger partial charge in [0.15, 0.2) is 0 Å². The minimum Gasteiger partial charge on any atom is -0.456 e. The molecule has 0 saturated carbocycles. The molecule has 2 aromatic heterocycles. The molecule has 0 aliphatic heterocycles. The molecule has 224 valence electrons. The van der Waals surface area contributed by atoms with Gasteiger partial charge in [0.25, 0.3) is 0 Å². The monoisotopic (exact) mass is 611 g/mol. The van der Waals surface area contributed by atoms with Crippen molar-refractivity contribution in [3.05, 3.63) is 176 Å². The Kier molecular flexibility index (Phi) is 5.91. The van der Waals surface area contributed by atoms with Crippen molar-refractivity contribution in [1.29, 1.82) is 0 Å². The maximum atomic E-state index is 6.51. The fraction of sp³-hybridized carbons (Fsp3) is 0. The fourth-order valence-corrected chi connectivity index (χ4v) is 7.54. The van der Waals surface area contributed by atoms with Crippen LogP contribution in [0.4, 0.5) is 0 Å². The van der Waals surface area contributed by atoms with Gasteiger partial charge in [-0.05, 0) is 98.8 Å². The molecule has 0 unspecified atom stereocenters. The quantitative estimate of drug-likeness (QED) is 0.194. The summed E-state index contributed by atoms with van der Waals surface area (Å²) in [6.45, 7) is 0. The van der Waals surface area contributed by atoms with Gasteiger partial charge in [-0.2, -0.15) is 0 Å². The molecule has 0 fully saturated rings. The number of hydrogen-bond donors (Lipinski definition) is 0. The summed E-state index contributed by atoms with van der Waals surface area (Å²) in [7, 11) is 0. The summed E-state index contributed by atoms with van der Waals surface area (Å²) in [5.74, 6) is 0. The molecule has 0 radical (unpaired) electrons. The molecule has 10 aromatic rings. The topological polar surface area (TPSA) is 18.1 Å². The van der Waals surface area contributed by atoms with E-state index in [1.165, 1.54) is 71.3 Å². The van der Waals surface area contributed by atoms with Crippen LogP contribution >= 0.6 is 0 Å². The number of benzene rings is 8. The van der Waals surface area contributed by atoms with E-state index in [1.54, 1.807) is 0 Å². The van der Waals surface area contributed by atoms with Crippen LogP contribution in [0.3, 0.4) is 0 Å². The van der Waals surface area contributed by atoms with E-state index in [9.17, 15) is 0 Å². The first-order valence-electron chi connectivity index (χ1n) is 16.4. The zero-order valence-electron chi connectivity index (χ0n) is 26.1. The van der Waals surface area contributed by atoms with Crippen LogP contribution in [-0.2, 0) is 0 Å². The van der Waals surface area contributed by atoms with Gasteiger partial charge >= 0.3 is 0 Å². The van der Waals surface area contributed by atoms with Gasteiger partial charge in [-0.3, -0.25) is 0 Å². The Morgan fingerprint density at radius 2 is 0.896 bits per heavy atom. The summed E-state index contributed by atoms with van der Waals surface area (Å²) < 4.78 is 8.93. The highest BCUT2D eigenvalue weighted by Gasteiger charge is 2.20. The van der Waals surface area contributed by atoms with Crippen molar-refractivity contribution >= 4 is 54.5 Å². The van der Waals surface area contributed by atoms with Crippen LogP contribution in [0.2, 0.25) is 0 Å². The summed E-state index contributed by atoms with van der Waals surface area (Å²) in [6, 6.07) is 63.2. The normalized spacial score (nSPS) is 11.8. The SMILES string of the molecule is c1ccc(-c2cc(-c3ccccc3)cc(-c3ccc(-n4c5ccccc5c5ccc6oc7ccc8ccccc8c7c6c54)cc3)c2)cc1. The molecular weight excluding hydrogens is 583 g/mol. The molecule has 2 nitrogen and oxygen atoms in total. The Labute approximate surface area is 277 Å². The summed E-state index contributed by atoms with van der Waals surface area (Å²) in [5.41, 5.74) is 12.5. The van der Waals surface area contributed by atoms with Crippen LogP contribution in [0.5, 0.6) is 0 Å². The number of fused-ring (bicyclic) bond motifs is 9. The van der Waals surface area contributed by atoms with Crippen LogP contribution in [0.15, 0.2) is 180 Å². The van der Waals surface area contributed by atoms with Crippen LogP contribution in [-0.4, -0.2) is 4.57 Å². The summed E-state index contributed by atoms with van der Waals surface area (Å²) >= 11 is 0. The molecule has 48 heavy (non-hydrogen) atoms. The Balaban J connectivity index is 1.20. The van der Waals surface area contributed by atoms with Gasteiger partial charge in [0, 0.05) is 21.8 Å². The fourth-order valence-electron chi connectivity index (χ4n) is 7.54. The number of para-hydroxylation sites is 1. The molecule has 0 bridgehead atoms. The van der Waals surface area contributed by atoms with Gasteiger partial charge in [0.1, 0.15) is 11.2 Å². The first-order chi connectivity index (χ1) is 23.8. The summed E-state index contributed by atoms with van der Waals surface area (Å²) in [6.07, 6.45) is 0. The predicted molar refractivity (Wildman–Crippen MR) is 202 cm³/mol. The van der Waals surface area contributed by atoms with E-state index in [2.05, 4.69) is 180 Å². The summed E-state index contributed by atoms with van der Waals surface area (Å²) in [5, 5.41) is 7.20. The Hall–Kier alpha value is -6.38. The molecular formula is C46H29NO. The van der Waals surface area contributed by atoms with E-state index in [1.807, 2.05) is 0 Å². The molecule has 0 aliphatic carbocycles. The number of rotatable bonds is 4. The van der Waals surface area contributed by atoms with E-state index < -0.39 is 0 Å². The van der Waals surface area contributed by atoms with Crippen molar-refractivity contribution in [3.8, 4) is 39.1 Å². The van der Waals surface area contributed by atoms with Crippen LogP contribution < -0.4 is 0 Å². The third-order valence-electron chi connectivity index (χ3n) is 9.77. The first-order valence-corrected chi connectivity index (χ1v) is 16.4. The van der Waals surface area contributed by atoms with Crippen molar-refractivity contribution < 1.29 is 4.42 Å². The Bertz CT molecular complexity index is 2750. The van der Waals surface area contributed by atoms with Crippen molar-refractivity contribution in [2.75, 3.05) is 0 Å². The molecule has 0 amide bonds. The average Bonchev–Trinajstić information content (AvgIpc) is 3.72. The molecule has 2 heteroatoms. The van der Waals surface area contributed by atoms with Crippen LogP contribution in [0, 0.1) is 0 Å².